The molecular weight excluding hydrogens is 435 g/mol. The molecule has 1 aliphatic carbocycles. The Balaban J connectivity index is 1.48. The van der Waals surface area contributed by atoms with E-state index in [0.717, 1.165) is 22.7 Å². The Labute approximate surface area is 178 Å². The third-order valence-electron chi connectivity index (χ3n) is 5.56. The van der Waals surface area contributed by atoms with E-state index in [9.17, 15) is 26.7 Å². The van der Waals surface area contributed by atoms with Gasteiger partial charge in [0.25, 0.3) is 5.95 Å². The number of aromatic nitrogens is 3. The number of carbonyl (C=O) groups excluding carboxylic acids is 1. The first kappa shape index (κ1) is 20.5. The van der Waals surface area contributed by atoms with Crippen molar-refractivity contribution in [1.82, 2.24) is 19.9 Å². The quantitative estimate of drug-likeness (QED) is 0.593. The van der Waals surface area contributed by atoms with Crippen molar-refractivity contribution in [2.45, 2.75) is 37.3 Å². The topological polar surface area (TPSA) is 74.6 Å². The van der Waals surface area contributed by atoms with Crippen LogP contribution in [0.15, 0.2) is 30.5 Å². The maximum absolute atomic E-state index is 14.4. The summed E-state index contributed by atoms with van der Waals surface area (Å²) < 4.78 is 70.8. The predicted octanol–water partition coefficient (Wildman–Crippen LogP) is 3.67. The molecule has 1 aliphatic heterocycles. The van der Waals surface area contributed by atoms with Gasteiger partial charge in [0, 0.05) is 24.6 Å². The van der Waals surface area contributed by atoms with Gasteiger partial charge < -0.3 is 15.5 Å². The Morgan fingerprint density at radius 3 is 2.66 bits per heavy atom. The Bertz CT molecular complexity index is 1200. The zero-order valence-corrected chi connectivity index (χ0v) is 16.4. The van der Waals surface area contributed by atoms with E-state index in [1.807, 2.05) is 0 Å². The summed E-state index contributed by atoms with van der Waals surface area (Å²) in [6.07, 6.45) is -1.00. The van der Waals surface area contributed by atoms with E-state index in [-0.39, 0.29) is 42.1 Å². The lowest BCUT2D eigenvalue weighted by atomic mass is 10.0. The van der Waals surface area contributed by atoms with E-state index in [1.54, 1.807) is 0 Å². The van der Waals surface area contributed by atoms with Crippen LogP contribution in [0.25, 0.3) is 5.65 Å². The van der Waals surface area contributed by atoms with Gasteiger partial charge in [-0.3, -0.25) is 0 Å². The highest BCUT2D eigenvalue weighted by molar-refractivity contribution is 5.93. The van der Waals surface area contributed by atoms with Crippen molar-refractivity contribution >= 4 is 23.2 Å². The average molecular weight is 452 g/mol. The van der Waals surface area contributed by atoms with Gasteiger partial charge in [-0.2, -0.15) is 4.39 Å². The molecule has 1 saturated carbocycles. The molecule has 12 heteroatoms. The molecule has 0 spiro atoms. The number of nitrogens with one attached hydrogen (secondary N) is 2. The Morgan fingerprint density at radius 2 is 1.91 bits per heavy atom. The number of nitrogens with zero attached hydrogens (tertiary/aromatic N) is 4. The maximum atomic E-state index is 14.4. The number of hydrogen-bond acceptors (Lipinski definition) is 4. The summed E-state index contributed by atoms with van der Waals surface area (Å²) in [4.78, 5) is 17.8. The SMILES string of the molecule is O=C(Nc1c(F)nn2ccc(N3C[C@H](F)C[C@@H]3c3cc(F)ccc3F)nc12)N[C@H]1C[C@H]1F. The van der Waals surface area contributed by atoms with Gasteiger partial charge in [-0.1, -0.05) is 0 Å². The zero-order chi connectivity index (χ0) is 22.6. The second-order valence-corrected chi connectivity index (χ2v) is 7.84. The number of anilines is 2. The van der Waals surface area contributed by atoms with Gasteiger partial charge in [-0.15, -0.1) is 5.10 Å². The van der Waals surface area contributed by atoms with Gasteiger partial charge in [0.1, 0.15) is 35.5 Å². The van der Waals surface area contributed by atoms with Crippen LogP contribution < -0.4 is 15.5 Å². The molecule has 2 aliphatic rings. The van der Waals surface area contributed by atoms with Crippen LogP contribution in [0.4, 0.5) is 38.3 Å². The monoisotopic (exact) mass is 452 g/mol. The molecule has 2 N–H and O–H groups in total. The second kappa shape index (κ2) is 7.61. The van der Waals surface area contributed by atoms with Crippen LogP contribution in [0, 0.1) is 17.6 Å². The van der Waals surface area contributed by atoms with Crippen molar-refractivity contribution in [1.29, 1.82) is 0 Å². The minimum absolute atomic E-state index is 0.0190. The molecule has 2 aromatic heterocycles. The lowest BCUT2D eigenvalue weighted by molar-refractivity contribution is 0.250. The zero-order valence-electron chi connectivity index (χ0n) is 16.4. The maximum Gasteiger partial charge on any atom is 0.319 e. The molecule has 3 heterocycles. The Kier molecular flexibility index (Phi) is 4.86. The van der Waals surface area contributed by atoms with E-state index in [0.29, 0.717) is 0 Å². The fraction of sp³-hybridized carbons (Fsp3) is 0.350. The van der Waals surface area contributed by atoms with Crippen LogP contribution in [0.1, 0.15) is 24.4 Å². The van der Waals surface area contributed by atoms with Gasteiger partial charge >= 0.3 is 6.03 Å². The van der Waals surface area contributed by atoms with Gasteiger partial charge in [0.05, 0.1) is 18.6 Å². The molecule has 1 aromatic carbocycles. The highest BCUT2D eigenvalue weighted by atomic mass is 19.1. The summed E-state index contributed by atoms with van der Waals surface area (Å²) in [7, 11) is 0. The molecule has 168 valence electrons. The van der Waals surface area contributed by atoms with Crippen molar-refractivity contribution in [2.75, 3.05) is 16.8 Å². The van der Waals surface area contributed by atoms with E-state index in [4.69, 9.17) is 0 Å². The van der Waals surface area contributed by atoms with Gasteiger partial charge in [0.2, 0.25) is 0 Å². The number of urea groups is 1. The molecule has 7 nitrogen and oxygen atoms in total. The Hall–Kier alpha value is -3.44. The van der Waals surface area contributed by atoms with Crippen LogP contribution >= 0.6 is 0 Å². The molecule has 0 radical (unpaired) electrons. The molecule has 5 rings (SSSR count). The molecule has 0 unspecified atom stereocenters. The predicted molar refractivity (Wildman–Crippen MR) is 104 cm³/mol. The summed E-state index contributed by atoms with van der Waals surface area (Å²) in [5.41, 5.74) is -0.442. The largest absolute Gasteiger partial charge is 0.346 e. The molecule has 0 bridgehead atoms. The fourth-order valence-electron chi connectivity index (χ4n) is 3.89. The van der Waals surface area contributed by atoms with E-state index in [2.05, 4.69) is 20.7 Å². The molecule has 3 aromatic rings. The van der Waals surface area contributed by atoms with E-state index in [1.165, 1.54) is 17.2 Å². The fourth-order valence-corrected chi connectivity index (χ4v) is 3.89. The van der Waals surface area contributed by atoms with Crippen LogP contribution in [0.3, 0.4) is 0 Å². The normalized spacial score (nSPS) is 24.7. The minimum atomic E-state index is -1.32. The number of hydrogen-bond donors (Lipinski definition) is 2. The van der Waals surface area contributed by atoms with Crippen LogP contribution in [-0.4, -0.2) is 45.6 Å². The number of fused-ring (bicyclic) bond motifs is 1. The summed E-state index contributed by atoms with van der Waals surface area (Å²) >= 11 is 0. The molecule has 4 atom stereocenters. The highest BCUT2D eigenvalue weighted by Crippen LogP contribution is 2.38. The van der Waals surface area contributed by atoms with E-state index < -0.39 is 48.0 Å². The van der Waals surface area contributed by atoms with Crippen molar-refractivity contribution in [2.24, 2.45) is 0 Å². The van der Waals surface area contributed by atoms with Crippen molar-refractivity contribution < 1.29 is 26.7 Å². The summed E-state index contributed by atoms with van der Waals surface area (Å²) in [6.45, 7) is -0.136. The van der Waals surface area contributed by atoms with Crippen molar-refractivity contribution in [3.8, 4) is 0 Å². The van der Waals surface area contributed by atoms with Crippen LogP contribution in [-0.2, 0) is 0 Å². The van der Waals surface area contributed by atoms with Crippen molar-refractivity contribution in [3.05, 3.63) is 53.6 Å². The van der Waals surface area contributed by atoms with Crippen LogP contribution in [0.2, 0.25) is 0 Å². The number of carbonyl (C=O) groups is 1. The number of alkyl halides is 2. The highest BCUT2D eigenvalue weighted by Gasteiger charge is 2.39. The summed E-state index contributed by atoms with van der Waals surface area (Å²) in [5.74, 6) is -2.19. The smallest absolute Gasteiger partial charge is 0.319 e. The first-order chi connectivity index (χ1) is 15.3. The van der Waals surface area contributed by atoms with Gasteiger partial charge in [0.15, 0.2) is 5.65 Å². The number of rotatable bonds is 4. The molecule has 2 fully saturated rings. The first-order valence-electron chi connectivity index (χ1n) is 9.92. The standard InChI is InChI=1S/C20H17F5N6O/c21-9-1-2-12(23)11(5-9)15-6-10(22)8-30(15)16-3-4-31-19(27-16)17(18(25)29-31)28-20(32)26-14-7-13(14)24/h1-5,10,13-15H,6-8H2,(H2,26,28,32)/t10-,13-,14+,15-/m1/s1. The number of benzene rings is 1. The third kappa shape index (κ3) is 3.69. The van der Waals surface area contributed by atoms with Gasteiger partial charge in [-0.05, 0) is 24.3 Å². The molecule has 2 amide bonds. The lowest BCUT2D eigenvalue weighted by Gasteiger charge is -2.26. The van der Waals surface area contributed by atoms with Gasteiger partial charge in [-0.25, -0.2) is 31.9 Å². The average Bonchev–Trinajstić information content (AvgIpc) is 3.15. The second-order valence-electron chi connectivity index (χ2n) is 7.84. The lowest BCUT2D eigenvalue weighted by Crippen LogP contribution is -2.32. The Morgan fingerprint density at radius 1 is 1.12 bits per heavy atom. The number of amides is 2. The molecular formula is C20H17F5N6O. The third-order valence-corrected chi connectivity index (χ3v) is 5.56. The summed E-state index contributed by atoms with van der Waals surface area (Å²) in [6, 6.07) is 2.11. The first-order valence-corrected chi connectivity index (χ1v) is 9.92. The molecule has 1 saturated heterocycles. The summed E-state index contributed by atoms with van der Waals surface area (Å²) in [5, 5.41) is 8.26. The molecule has 32 heavy (non-hydrogen) atoms. The number of halogens is 5. The minimum Gasteiger partial charge on any atom is -0.346 e. The van der Waals surface area contributed by atoms with Crippen LogP contribution in [0.5, 0.6) is 0 Å². The van der Waals surface area contributed by atoms with E-state index >= 15 is 0 Å². The van der Waals surface area contributed by atoms with Crippen molar-refractivity contribution in [3.63, 3.8) is 0 Å².